The average molecular weight is 232 g/mol. The minimum absolute atomic E-state index is 0.274. The molecule has 2 unspecified atom stereocenters. The van der Waals surface area contributed by atoms with E-state index in [1.807, 2.05) is 6.07 Å². The van der Waals surface area contributed by atoms with Gasteiger partial charge in [-0.1, -0.05) is 13.8 Å². The molecule has 1 saturated carbocycles. The molecule has 4 heteroatoms. The van der Waals surface area contributed by atoms with Crippen LogP contribution in [0.5, 0.6) is 0 Å². The van der Waals surface area contributed by atoms with Crippen molar-refractivity contribution in [1.82, 2.24) is 14.8 Å². The monoisotopic (exact) mass is 232 g/mol. The molecule has 1 aliphatic rings. The van der Waals surface area contributed by atoms with Crippen molar-refractivity contribution in [2.45, 2.75) is 46.1 Å². The van der Waals surface area contributed by atoms with Crippen molar-refractivity contribution >= 4 is 0 Å². The van der Waals surface area contributed by atoms with Gasteiger partial charge in [-0.2, -0.15) is 5.26 Å². The van der Waals surface area contributed by atoms with E-state index in [0.29, 0.717) is 0 Å². The summed E-state index contributed by atoms with van der Waals surface area (Å²) in [5, 5.41) is 12.7. The molecule has 1 aliphatic carbocycles. The molecule has 0 amide bonds. The van der Waals surface area contributed by atoms with Gasteiger partial charge in [-0.3, -0.25) is 4.68 Å². The fraction of sp³-hybridized carbons (Fsp3) is 0.769. The summed E-state index contributed by atoms with van der Waals surface area (Å²) in [5.41, 5.74) is 0. The highest BCUT2D eigenvalue weighted by molar-refractivity contribution is 5.05. The van der Waals surface area contributed by atoms with Crippen molar-refractivity contribution in [2.75, 3.05) is 0 Å². The Hall–Kier alpha value is -1.37. The maximum atomic E-state index is 8.65. The Bertz CT molecular complexity index is 394. The summed E-state index contributed by atoms with van der Waals surface area (Å²) in [7, 11) is 0. The van der Waals surface area contributed by atoms with Crippen LogP contribution >= 0.6 is 0 Å². The third-order valence-corrected chi connectivity index (χ3v) is 3.68. The summed E-state index contributed by atoms with van der Waals surface area (Å²) in [5.74, 6) is 2.79. The fourth-order valence-electron chi connectivity index (χ4n) is 3.12. The zero-order valence-electron chi connectivity index (χ0n) is 10.6. The lowest BCUT2D eigenvalue weighted by atomic mass is 9.75. The molecule has 0 aliphatic heterocycles. The molecule has 1 heterocycles. The van der Waals surface area contributed by atoms with Crippen molar-refractivity contribution in [3.05, 3.63) is 12.2 Å². The fourth-order valence-corrected chi connectivity index (χ4v) is 3.12. The second-order valence-corrected chi connectivity index (χ2v) is 5.52. The first-order chi connectivity index (χ1) is 8.17. The van der Waals surface area contributed by atoms with Gasteiger partial charge in [-0.25, -0.2) is 4.98 Å². The molecule has 2 atom stereocenters. The van der Waals surface area contributed by atoms with E-state index in [1.54, 1.807) is 11.0 Å². The maximum Gasteiger partial charge on any atom is 0.252 e. The van der Waals surface area contributed by atoms with E-state index in [2.05, 4.69) is 23.9 Å². The SMILES string of the molecule is CC1CC(C)CC(CCn2cnc(C#N)n2)C1. The van der Waals surface area contributed by atoms with Gasteiger partial charge in [0.15, 0.2) is 0 Å². The molecule has 92 valence electrons. The third kappa shape index (κ3) is 3.29. The molecule has 1 fully saturated rings. The normalized spacial score (nSPS) is 28.9. The Kier molecular flexibility index (Phi) is 3.78. The predicted octanol–water partition coefficient (Wildman–Crippen LogP) is 2.61. The Morgan fingerprint density at radius 3 is 2.65 bits per heavy atom. The van der Waals surface area contributed by atoms with Gasteiger partial charge in [-0.05, 0) is 43.4 Å². The lowest BCUT2D eigenvalue weighted by Gasteiger charge is -2.31. The van der Waals surface area contributed by atoms with Crippen LogP contribution in [-0.2, 0) is 6.54 Å². The predicted molar refractivity (Wildman–Crippen MR) is 65.0 cm³/mol. The number of hydrogen-bond donors (Lipinski definition) is 0. The molecule has 17 heavy (non-hydrogen) atoms. The zero-order chi connectivity index (χ0) is 12.3. The first-order valence-electron chi connectivity index (χ1n) is 6.47. The van der Waals surface area contributed by atoms with Crippen LogP contribution in [0.3, 0.4) is 0 Å². The van der Waals surface area contributed by atoms with Gasteiger partial charge in [0.05, 0.1) is 0 Å². The first-order valence-corrected chi connectivity index (χ1v) is 6.47. The van der Waals surface area contributed by atoms with Crippen molar-refractivity contribution in [1.29, 1.82) is 5.26 Å². The highest BCUT2D eigenvalue weighted by Gasteiger charge is 2.23. The van der Waals surface area contributed by atoms with Crippen LogP contribution in [0.25, 0.3) is 0 Å². The van der Waals surface area contributed by atoms with E-state index in [4.69, 9.17) is 5.26 Å². The molecule has 0 aromatic carbocycles. The van der Waals surface area contributed by atoms with Crippen LogP contribution < -0.4 is 0 Å². The molecule has 2 rings (SSSR count). The van der Waals surface area contributed by atoms with Gasteiger partial charge in [0.25, 0.3) is 5.82 Å². The molecule has 0 N–H and O–H groups in total. The average Bonchev–Trinajstić information content (AvgIpc) is 2.73. The van der Waals surface area contributed by atoms with Crippen LogP contribution in [0, 0.1) is 29.1 Å². The highest BCUT2D eigenvalue weighted by Crippen LogP contribution is 2.34. The van der Waals surface area contributed by atoms with E-state index in [9.17, 15) is 0 Å². The van der Waals surface area contributed by atoms with E-state index in [0.717, 1.165) is 30.7 Å². The number of hydrogen-bond acceptors (Lipinski definition) is 3. The molecular formula is C13H20N4. The summed E-state index contributed by atoms with van der Waals surface area (Å²) < 4.78 is 1.79. The van der Waals surface area contributed by atoms with Crippen molar-refractivity contribution in [3.63, 3.8) is 0 Å². The zero-order valence-corrected chi connectivity index (χ0v) is 10.6. The summed E-state index contributed by atoms with van der Waals surface area (Å²) in [6, 6.07) is 1.96. The van der Waals surface area contributed by atoms with Gasteiger partial charge in [0.1, 0.15) is 12.4 Å². The third-order valence-electron chi connectivity index (χ3n) is 3.68. The highest BCUT2D eigenvalue weighted by atomic mass is 15.3. The first kappa shape index (κ1) is 12.1. The molecule has 4 nitrogen and oxygen atoms in total. The van der Waals surface area contributed by atoms with E-state index in [-0.39, 0.29) is 5.82 Å². The Balaban J connectivity index is 1.83. The largest absolute Gasteiger partial charge is 0.252 e. The number of rotatable bonds is 3. The summed E-state index contributed by atoms with van der Waals surface area (Å²) >= 11 is 0. The lowest BCUT2D eigenvalue weighted by molar-refractivity contribution is 0.202. The van der Waals surface area contributed by atoms with Gasteiger partial charge in [0, 0.05) is 6.54 Å². The van der Waals surface area contributed by atoms with Gasteiger partial charge < -0.3 is 0 Å². The number of nitrogens with zero attached hydrogens (tertiary/aromatic N) is 4. The minimum Gasteiger partial charge on any atom is -0.252 e. The molecule has 1 aromatic heterocycles. The van der Waals surface area contributed by atoms with E-state index in [1.165, 1.54) is 19.3 Å². The van der Waals surface area contributed by atoms with Crippen LogP contribution in [0.15, 0.2) is 6.33 Å². The summed E-state index contributed by atoms with van der Waals surface area (Å²) in [4.78, 5) is 3.92. The Morgan fingerprint density at radius 1 is 1.35 bits per heavy atom. The van der Waals surface area contributed by atoms with Gasteiger partial charge in [-0.15, -0.1) is 5.10 Å². The Morgan fingerprint density at radius 2 is 2.06 bits per heavy atom. The number of aromatic nitrogens is 3. The van der Waals surface area contributed by atoms with Crippen molar-refractivity contribution < 1.29 is 0 Å². The van der Waals surface area contributed by atoms with E-state index < -0.39 is 0 Å². The van der Waals surface area contributed by atoms with E-state index >= 15 is 0 Å². The van der Waals surface area contributed by atoms with Crippen molar-refractivity contribution in [3.8, 4) is 6.07 Å². The van der Waals surface area contributed by atoms with Gasteiger partial charge >= 0.3 is 0 Å². The molecule has 0 spiro atoms. The molecule has 0 radical (unpaired) electrons. The van der Waals surface area contributed by atoms with Crippen molar-refractivity contribution in [2.24, 2.45) is 17.8 Å². The summed E-state index contributed by atoms with van der Waals surface area (Å²) in [6.07, 6.45) is 6.86. The second kappa shape index (κ2) is 5.31. The standard InChI is InChI=1S/C13H20N4/c1-10-5-11(2)7-12(6-10)3-4-17-9-15-13(8-14)16-17/h9-12H,3-7H2,1-2H3. The smallest absolute Gasteiger partial charge is 0.252 e. The van der Waals surface area contributed by atoms with Crippen LogP contribution in [-0.4, -0.2) is 14.8 Å². The molecule has 1 aromatic rings. The molecule has 0 bridgehead atoms. The van der Waals surface area contributed by atoms with Crippen LogP contribution in [0.2, 0.25) is 0 Å². The Labute approximate surface area is 103 Å². The lowest BCUT2D eigenvalue weighted by Crippen LogP contribution is -2.20. The number of nitriles is 1. The van der Waals surface area contributed by atoms with Gasteiger partial charge in [0.2, 0.25) is 0 Å². The van der Waals surface area contributed by atoms with Crippen LogP contribution in [0.1, 0.15) is 45.4 Å². The molecule has 0 saturated heterocycles. The maximum absolute atomic E-state index is 8.65. The minimum atomic E-state index is 0.274. The second-order valence-electron chi connectivity index (χ2n) is 5.52. The number of aryl methyl sites for hydroxylation is 1. The summed E-state index contributed by atoms with van der Waals surface area (Å²) in [6.45, 7) is 5.59. The molecular weight excluding hydrogens is 212 g/mol. The topological polar surface area (TPSA) is 54.5 Å². The van der Waals surface area contributed by atoms with Crippen LogP contribution in [0.4, 0.5) is 0 Å². The quantitative estimate of drug-likeness (QED) is 0.805.